The monoisotopic (exact) mass is 365 g/mol. The topological polar surface area (TPSA) is 85.8 Å². The molecule has 0 bridgehead atoms. The van der Waals surface area contributed by atoms with E-state index in [0.717, 1.165) is 5.69 Å². The lowest BCUT2D eigenvalue weighted by molar-refractivity contribution is 0.101. The number of carbonyl (C=O) groups is 1. The standard InChI is InChI=1S/C15H13Cl2N5O2/c1-3-22-12(6-8(2)21-22)13(23)18-15-20-19-14(24-15)10-7-9(16)4-5-11(10)17/h4-7H,3H2,1-2H3,(H,18,20,23). The number of rotatable bonds is 4. The fourth-order valence-electron chi connectivity index (χ4n) is 2.17. The van der Waals surface area contributed by atoms with Crippen molar-refractivity contribution in [3.8, 4) is 11.5 Å². The first-order valence-electron chi connectivity index (χ1n) is 7.12. The second-order valence-electron chi connectivity index (χ2n) is 4.98. The van der Waals surface area contributed by atoms with Gasteiger partial charge in [-0.05, 0) is 38.1 Å². The van der Waals surface area contributed by atoms with Gasteiger partial charge in [0.2, 0.25) is 0 Å². The molecule has 3 rings (SSSR count). The number of aromatic nitrogens is 4. The SMILES string of the molecule is CCn1nc(C)cc1C(=O)Nc1nnc(-c2cc(Cl)ccc2Cl)o1. The smallest absolute Gasteiger partial charge is 0.322 e. The molecule has 1 N–H and O–H groups in total. The van der Waals surface area contributed by atoms with Gasteiger partial charge >= 0.3 is 6.01 Å². The maximum atomic E-state index is 12.3. The maximum absolute atomic E-state index is 12.3. The van der Waals surface area contributed by atoms with Crippen molar-refractivity contribution in [2.24, 2.45) is 0 Å². The third-order valence-corrected chi connectivity index (χ3v) is 3.80. The van der Waals surface area contributed by atoms with Gasteiger partial charge in [-0.25, -0.2) is 0 Å². The minimum atomic E-state index is -0.384. The highest BCUT2D eigenvalue weighted by molar-refractivity contribution is 6.35. The summed E-state index contributed by atoms with van der Waals surface area (Å²) >= 11 is 12.0. The van der Waals surface area contributed by atoms with Crippen molar-refractivity contribution in [3.05, 3.63) is 45.7 Å². The third-order valence-electron chi connectivity index (χ3n) is 3.24. The molecule has 0 spiro atoms. The summed E-state index contributed by atoms with van der Waals surface area (Å²) in [4.78, 5) is 12.3. The van der Waals surface area contributed by atoms with Crippen molar-refractivity contribution in [2.45, 2.75) is 20.4 Å². The molecule has 124 valence electrons. The maximum Gasteiger partial charge on any atom is 0.322 e. The average molecular weight is 366 g/mol. The molecule has 0 aliphatic carbocycles. The number of nitrogens with zero attached hydrogens (tertiary/aromatic N) is 4. The number of benzene rings is 1. The lowest BCUT2D eigenvalue weighted by Gasteiger charge is -2.03. The van der Waals surface area contributed by atoms with E-state index < -0.39 is 0 Å². The summed E-state index contributed by atoms with van der Waals surface area (Å²) in [5, 5.41) is 15.4. The van der Waals surface area contributed by atoms with Crippen LogP contribution in [0.3, 0.4) is 0 Å². The van der Waals surface area contributed by atoms with Crippen molar-refractivity contribution in [1.29, 1.82) is 0 Å². The van der Waals surface area contributed by atoms with Crippen molar-refractivity contribution >= 4 is 35.1 Å². The van der Waals surface area contributed by atoms with Crippen LogP contribution in [0.2, 0.25) is 10.0 Å². The highest BCUT2D eigenvalue weighted by atomic mass is 35.5. The van der Waals surface area contributed by atoms with Gasteiger partial charge in [-0.15, -0.1) is 5.10 Å². The van der Waals surface area contributed by atoms with Crippen LogP contribution in [0.25, 0.3) is 11.5 Å². The highest BCUT2D eigenvalue weighted by Gasteiger charge is 2.18. The molecular weight excluding hydrogens is 353 g/mol. The van der Waals surface area contributed by atoms with Crippen LogP contribution in [0.15, 0.2) is 28.7 Å². The molecule has 0 aliphatic heterocycles. The molecule has 0 aliphatic rings. The van der Waals surface area contributed by atoms with Crippen molar-refractivity contribution < 1.29 is 9.21 Å². The number of amides is 1. The quantitative estimate of drug-likeness (QED) is 0.759. The Morgan fingerprint density at radius 1 is 1.29 bits per heavy atom. The van der Waals surface area contributed by atoms with Gasteiger partial charge in [-0.3, -0.25) is 14.8 Å². The van der Waals surface area contributed by atoms with Crippen molar-refractivity contribution in [1.82, 2.24) is 20.0 Å². The number of carbonyl (C=O) groups excluding carboxylic acids is 1. The van der Waals surface area contributed by atoms with Gasteiger partial charge in [-0.2, -0.15) is 5.10 Å². The Bertz CT molecular complexity index is 903. The average Bonchev–Trinajstić information content (AvgIpc) is 3.16. The molecule has 0 radical (unpaired) electrons. The van der Waals surface area contributed by atoms with Crippen LogP contribution in [0.4, 0.5) is 6.01 Å². The summed E-state index contributed by atoms with van der Waals surface area (Å²) in [6.45, 7) is 4.29. The molecule has 0 saturated carbocycles. The van der Waals surface area contributed by atoms with Gasteiger partial charge < -0.3 is 4.42 Å². The lowest BCUT2D eigenvalue weighted by Crippen LogP contribution is -2.17. The van der Waals surface area contributed by atoms with Crippen LogP contribution < -0.4 is 5.32 Å². The van der Waals surface area contributed by atoms with Crippen LogP contribution in [-0.2, 0) is 6.54 Å². The van der Waals surface area contributed by atoms with E-state index in [9.17, 15) is 4.79 Å². The Morgan fingerprint density at radius 3 is 2.83 bits per heavy atom. The van der Waals surface area contributed by atoms with E-state index in [1.54, 1.807) is 28.9 Å². The van der Waals surface area contributed by atoms with E-state index in [1.807, 2.05) is 13.8 Å². The number of nitrogens with one attached hydrogen (secondary N) is 1. The predicted molar refractivity (Wildman–Crippen MR) is 90.3 cm³/mol. The van der Waals surface area contributed by atoms with Gasteiger partial charge in [0.15, 0.2) is 0 Å². The minimum Gasteiger partial charge on any atom is -0.403 e. The zero-order chi connectivity index (χ0) is 17.3. The van der Waals surface area contributed by atoms with Gasteiger partial charge in [-0.1, -0.05) is 28.3 Å². The molecule has 24 heavy (non-hydrogen) atoms. The van der Waals surface area contributed by atoms with Crippen LogP contribution in [0.1, 0.15) is 23.1 Å². The lowest BCUT2D eigenvalue weighted by atomic mass is 10.2. The third kappa shape index (κ3) is 3.27. The zero-order valence-electron chi connectivity index (χ0n) is 12.9. The van der Waals surface area contributed by atoms with Crippen molar-refractivity contribution in [3.63, 3.8) is 0 Å². The molecule has 9 heteroatoms. The number of hydrogen-bond acceptors (Lipinski definition) is 5. The number of anilines is 1. The normalized spacial score (nSPS) is 10.8. The summed E-state index contributed by atoms with van der Waals surface area (Å²) in [5.41, 5.74) is 1.65. The predicted octanol–water partition coefficient (Wildman–Crippen LogP) is 3.82. The molecule has 0 saturated heterocycles. The molecule has 2 aromatic heterocycles. The molecule has 2 heterocycles. The Morgan fingerprint density at radius 2 is 2.08 bits per heavy atom. The number of hydrogen-bond donors (Lipinski definition) is 1. The summed E-state index contributed by atoms with van der Waals surface area (Å²) in [6, 6.07) is 6.54. The van der Waals surface area contributed by atoms with Crippen molar-refractivity contribution in [2.75, 3.05) is 5.32 Å². The summed E-state index contributed by atoms with van der Waals surface area (Å²) < 4.78 is 7.04. The largest absolute Gasteiger partial charge is 0.403 e. The van der Waals surface area contributed by atoms with E-state index in [4.69, 9.17) is 27.6 Å². The van der Waals surface area contributed by atoms with Gasteiger partial charge in [0, 0.05) is 11.6 Å². The fraction of sp³-hybridized carbons (Fsp3) is 0.200. The van der Waals surface area contributed by atoms with Gasteiger partial charge in [0.05, 0.1) is 16.3 Å². The first-order chi connectivity index (χ1) is 11.5. The van der Waals surface area contributed by atoms with E-state index in [1.165, 1.54) is 0 Å². The molecule has 0 atom stereocenters. The zero-order valence-corrected chi connectivity index (χ0v) is 14.4. The summed E-state index contributed by atoms with van der Waals surface area (Å²) in [5.74, 6) is -0.220. The van der Waals surface area contributed by atoms with Crippen LogP contribution in [0, 0.1) is 6.92 Å². The van der Waals surface area contributed by atoms with E-state index in [0.29, 0.717) is 27.8 Å². The van der Waals surface area contributed by atoms with E-state index in [-0.39, 0.29) is 17.8 Å². The first-order valence-corrected chi connectivity index (χ1v) is 7.88. The number of halogens is 2. The second kappa shape index (κ2) is 6.62. The Kier molecular flexibility index (Phi) is 4.55. The first kappa shape index (κ1) is 16.5. The molecule has 0 unspecified atom stereocenters. The molecule has 7 nitrogen and oxygen atoms in total. The Labute approximate surface area is 147 Å². The molecule has 0 fully saturated rings. The minimum absolute atomic E-state index is 0.0347. The molecule has 1 aromatic carbocycles. The second-order valence-corrected chi connectivity index (χ2v) is 5.82. The highest BCUT2D eigenvalue weighted by Crippen LogP contribution is 2.30. The van der Waals surface area contributed by atoms with Crippen LogP contribution in [0.5, 0.6) is 0 Å². The Hall–Kier alpha value is -2.38. The van der Waals surface area contributed by atoms with Crippen LogP contribution in [-0.4, -0.2) is 25.9 Å². The fourth-order valence-corrected chi connectivity index (χ4v) is 2.54. The summed E-state index contributed by atoms with van der Waals surface area (Å²) in [7, 11) is 0. The van der Waals surface area contributed by atoms with Gasteiger partial charge in [0.1, 0.15) is 5.69 Å². The van der Waals surface area contributed by atoms with Crippen LogP contribution >= 0.6 is 23.2 Å². The van der Waals surface area contributed by atoms with E-state index >= 15 is 0 Å². The van der Waals surface area contributed by atoms with E-state index in [2.05, 4.69) is 20.6 Å². The molecular formula is C15H13Cl2N5O2. The Balaban J connectivity index is 1.83. The van der Waals surface area contributed by atoms with Gasteiger partial charge in [0.25, 0.3) is 11.8 Å². The number of aryl methyl sites for hydroxylation is 2. The molecule has 1 amide bonds. The summed E-state index contributed by atoms with van der Waals surface area (Å²) in [6.07, 6.45) is 0. The molecule has 3 aromatic rings.